The molecule has 0 radical (unpaired) electrons. The lowest BCUT2D eigenvalue weighted by molar-refractivity contribution is -0.139. The molecule has 0 aliphatic carbocycles. The van der Waals surface area contributed by atoms with Gasteiger partial charge in [-0.05, 0) is 33.1 Å². The molecule has 0 bridgehead atoms. The number of ether oxygens (including phenoxy) is 1. The maximum atomic E-state index is 11.4. The Morgan fingerprint density at radius 2 is 2.05 bits per heavy atom. The molecular weight excluding hydrogens is 248 g/mol. The van der Waals surface area contributed by atoms with Crippen LogP contribution < -0.4 is 10.6 Å². The summed E-state index contributed by atoms with van der Waals surface area (Å²) in [5, 5.41) is 13.8. The zero-order valence-corrected chi connectivity index (χ0v) is 11.6. The van der Waals surface area contributed by atoms with E-state index < -0.39 is 18.0 Å². The fraction of sp³-hybridized carbons (Fsp3) is 0.692. The first kappa shape index (κ1) is 17.4. The Kier molecular flexibility index (Phi) is 9.52. The van der Waals surface area contributed by atoms with Gasteiger partial charge in [0.1, 0.15) is 6.04 Å². The summed E-state index contributed by atoms with van der Waals surface area (Å²) < 4.78 is 5.36. The Morgan fingerprint density at radius 1 is 1.37 bits per heavy atom. The number of hydrogen-bond donors (Lipinski definition) is 3. The van der Waals surface area contributed by atoms with E-state index in [1.54, 1.807) is 0 Å². The van der Waals surface area contributed by atoms with Crippen LogP contribution in [0.25, 0.3) is 0 Å². The van der Waals surface area contributed by atoms with Crippen molar-refractivity contribution >= 4 is 12.0 Å². The number of rotatable bonds is 10. The van der Waals surface area contributed by atoms with E-state index in [-0.39, 0.29) is 12.5 Å². The van der Waals surface area contributed by atoms with Gasteiger partial charge in [0, 0.05) is 13.2 Å². The summed E-state index contributed by atoms with van der Waals surface area (Å²) in [6.07, 6.45) is 3.52. The molecule has 0 aliphatic heterocycles. The number of aliphatic carboxylic acids is 1. The standard InChI is InChI=1S/C13H24N2O4/c1-4-7-11(12(16)17)15-13(18)14-8-5-6-9-19-10(2)3/h4,10-11H,1,5-9H2,2-3H3,(H,16,17)(H2,14,15,18). The summed E-state index contributed by atoms with van der Waals surface area (Å²) in [5.74, 6) is -1.07. The second kappa shape index (κ2) is 10.4. The van der Waals surface area contributed by atoms with Crippen molar-refractivity contribution in [1.29, 1.82) is 0 Å². The molecule has 6 heteroatoms. The van der Waals surface area contributed by atoms with Gasteiger partial charge in [0.05, 0.1) is 6.10 Å². The van der Waals surface area contributed by atoms with Crippen LogP contribution in [0.15, 0.2) is 12.7 Å². The van der Waals surface area contributed by atoms with Crippen molar-refractivity contribution in [3.8, 4) is 0 Å². The number of hydrogen-bond acceptors (Lipinski definition) is 3. The van der Waals surface area contributed by atoms with E-state index in [0.717, 1.165) is 12.8 Å². The lowest BCUT2D eigenvalue weighted by Gasteiger charge is -2.13. The second-order valence-corrected chi connectivity index (χ2v) is 4.44. The lowest BCUT2D eigenvalue weighted by Crippen LogP contribution is -2.46. The molecule has 0 aromatic rings. The average molecular weight is 272 g/mol. The number of carboxylic acids is 1. The van der Waals surface area contributed by atoms with Crippen LogP contribution in [0.2, 0.25) is 0 Å². The molecule has 2 amide bonds. The highest BCUT2D eigenvalue weighted by molar-refractivity contribution is 5.82. The average Bonchev–Trinajstić information content (AvgIpc) is 2.32. The largest absolute Gasteiger partial charge is 0.480 e. The van der Waals surface area contributed by atoms with Gasteiger partial charge in [-0.15, -0.1) is 6.58 Å². The van der Waals surface area contributed by atoms with Gasteiger partial charge in [0.15, 0.2) is 0 Å². The Bertz CT molecular complexity index is 292. The SMILES string of the molecule is C=CCC(NC(=O)NCCCCOC(C)C)C(=O)O. The van der Waals surface area contributed by atoms with Crippen molar-refractivity contribution in [2.45, 2.75) is 45.3 Å². The summed E-state index contributed by atoms with van der Waals surface area (Å²) >= 11 is 0. The molecule has 3 N–H and O–H groups in total. The number of urea groups is 1. The highest BCUT2D eigenvalue weighted by Crippen LogP contribution is 1.95. The summed E-state index contributed by atoms with van der Waals surface area (Å²) in [6.45, 7) is 8.55. The minimum atomic E-state index is -1.07. The molecule has 0 aromatic carbocycles. The first-order chi connectivity index (χ1) is 8.97. The molecule has 19 heavy (non-hydrogen) atoms. The van der Waals surface area contributed by atoms with Crippen LogP contribution in [0.1, 0.15) is 33.1 Å². The van der Waals surface area contributed by atoms with Crippen molar-refractivity contribution in [2.24, 2.45) is 0 Å². The molecule has 110 valence electrons. The number of carbonyl (C=O) groups is 2. The molecular formula is C13H24N2O4. The van der Waals surface area contributed by atoms with Crippen molar-refractivity contribution < 1.29 is 19.4 Å². The Labute approximate surface area is 114 Å². The molecule has 6 nitrogen and oxygen atoms in total. The zero-order valence-electron chi connectivity index (χ0n) is 11.6. The van der Waals surface area contributed by atoms with Gasteiger partial charge >= 0.3 is 12.0 Å². The van der Waals surface area contributed by atoms with E-state index in [1.165, 1.54) is 6.08 Å². The number of carboxylic acid groups (broad SMARTS) is 1. The van der Waals surface area contributed by atoms with E-state index >= 15 is 0 Å². The third-order valence-electron chi connectivity index (χ3n) is 2.31. The molecule has 0 heterocycles. The van der Waals surface area contributed by atoms with Crippen molar-refractivity contribution in [3.05, 3.63) is 12.7 Å². The number of unbranched alkanes of at least 4 members (excludes halogenated alkanes) is 1. The maximum absolute atomic E-state index is 11.4. The van der Waals surface area contributed by atoms with Gasteiger partial charge in [-0.2, -0.15) is 0 Å². The van der Waals surface area contributed by atoms with Crippen LogP contribution in [0.5, 0.6) is 0 Å². The second-order valence-electron chi connectivity index (χ2n) is 4.44. The Morgan fingerprint density at radius 3 is 2.58 bits per heavy atom. The highest BCUT2D eigenvalue weighted by Gasteiger charge is 2.17. The summed E-state index contributed by atoms with van der Waals surface area (Å²) in [7, 11) is 0. The fourth-order valence-corrected chi connectivity index (χ4v) is 1.35. The smallest absolute Gasteiger partial charge is 0.326 e. The number of amides is 2. The monoisotopic (exact) mass is 272 g/mol. The van der Waals surface area contributed by atoms with Crippen LogP contribution in [-0.4, -0.2) is 42.4 Å². The van der Waals surface area contributed by atoms with E-state index in [1.807, 2.05) is 13.8 Å². The molecule has 1 unspecified atom stereocenters. The summed E-state index contributed by atoms with van der Waals surface area (Å²) in [5.41, 5.74) is 0. The van der Waals surface area contributed by atoms with Crippen LogP contribution in [-0.2, 0) is 9.53 Å². The highest BCUT2D eigenvalue weighted by atomic mass is 16.5. The van der Waals surface area contributed by atoms with E-state index in [2.05, 4.69) is 17.2 Å². The molecule has 0 saturated heterocycles. The summed E-state index contributed by atoms with van der Waals surface area (Å²) in [4.78, 5) is 22.2. The minimum Gasteiger partial charge on any atom is -0.480 e. The fourth-order valence-electron chi connectivity index (χ4n) is 1.35. The van der Waals surface area contributed by atoms with Gasteiger partial charge in [-0.25, -0.2) is 9.59 Å². The number of carbonyl (C=O) groups excluding carboxylic acids is 1. The topological polar surface area (TPSA) is 87.7 Å². The number of nitrogens with one attached hydrogen (secondary N) is 2. The first-order valence-corrected chi connectivity index (χ1v) is 6.47. The molecule has 0 fully saturated rings. The third-order valence-corrected chi connectivity index (χ3v) is 2.31. The van der Waals surface area contributed by atoms with Crippen LogP contribution in [0.4, 0.5) is 4.79 Å². The maximum Gasteiger partial charge on any atom is 0.326 e. The molecule has 0 saturated carbocycles. The molecule has 0 spiro atoms. The summed E-state index contributed by atoms with van der Waals surface area (Å²) in [6, 6.07) is -1.40. The quantitative estimate of drug-likeness (QED) is 0.415. The van der Waals surface area contributed by atoms with Crippen LogP contribution in [0.3, 0.4) is 0 Å². The van der Waals surface area contributed by atoms with Crippen molar-refractivity contribution in [1.82, 2.24) is 10.6 Å². The molecule has 0 aliphatic rings. The molecule has 1 atom stereocenters. The van der Waals surface area contributed by atoms with E-state index in [0.29, 0.717) is 13.2 Å². The predicted octanol–water partition coefficient (Wildman–Crippen LogP) is 1.52. The molecule has 0 aromatic heterocycles. The van der Waals surface area contributed by atoms with Gasteiger partial charge < -0.3 is 20.5 Å². The zero-order chi connectivity index (χ0) is 14.7. The predicted molar refractivity (Wildman–Crippen MR) is 73.1 cm³/mol. The van der Waals surface area contributed by atoms with E-state index in [4.69, 9.17) is 9.84 Å². The van der Waals surface area contributed by atoms with Gasteiger partial charge in [0.2, 0.25) is 0 Å². The Balaban J connectivity index is 3.68. The van der Waals surface area contributed by atoms with Gasteiger partial charge in [-0.1, -0.05) is 6.08 Å². The minimum absolute atomic E-state index is 0.199. The van der Waals surface area contributed by atoms with Crippen molar-refractivity contribution in [3.63, 3.8) is 0 Å². The molecule has 0 rings (SSSR count). The Hall–Kier alpha value is -1.56. The van der Waals surface area contributed by atoms with E-state index in [9.17, 15) is 9.59 Å². The van der Waals surface area contributed by atoms with Gasteiger partial charge in [0.25, 0.3) is 0 Å². The van der Waals surface area contributed by atoms with Crippen LogP contribution >= 0.6 is 0 Å². The van der Waals surface area contributed by atoms with Gasteiger partial charge in [-0.3, -0.25) is 0 Å². The lowest BCUT2D eigenvalue weighted by atomic mass is 10.2. The third kappa shape index (κ3) is 10.1. The first-order valence-electron chi connectivity index (χ1n) is 6.47. The van der Waals surface area contributed by atoms with Crippen LogP contribution in [0, 0.1) is 0 Å². The normalized spacial score (nSPS) is 11.9. The van der Waals surface area contributed by atoms with Crippen molar-refractivity contribution in [2.75, 3.05) is 13.2 Å².